The smallest absolute Gasteiger partial charge is 0.244 e. The topological polar surface area (TPSA) is 47.6 Å². The molecular weight excluding hydrogens is 334 g/mol. The normalized spacial score (nSPS) is 11.0. The molecule has 0 aliphatic carbocycles. The van der Waals surface area contributed by atoms with Gasteiger partial charge in [-0.2, -0.15) is 0 Å². The molecule has 4 nitrogen and oxygen atoms in total. The van der Waals surface area contributed by atoms with Crippen LogP contribution in [0, 0.1) is 5.92 Å². The summed E-state index contributed by atoms with van der Waals surface area (Å²) in [6.07, 6.45) is 4.17. The average Bonchev–Trinajstić information content (AvgIpc) is 3.11. The number of thiophene rings is 1. The molecule has 0 fully saturated rings. The van der Waals surface area contributed by atoms with E-state index in [9.17, 15) is 4.79 Å². The highest BCUT2D eigenvalue weighted by atomic mass is 32.1. The van der Waals surface area contributed by atoms with E-state index in [1.54, 1.807) is 24.5 Å². The van der Waals surface area contributed by atoms with Gasteiger partial charge in [0.15, 0.2) is 11.5 Å². The van der Waals surface area contributed by atoms with Crippen molar-refractivity contribution in [3.8, 4) is 11.5 Å². The SMILES string of the molecule is COc1cc(/C=C/C(=O)NCCc2cccs2)ccc1OCC(C)C. The second-order valence-electron chi connectivity index (χ2n) is 6.07. The summed E-state index contributed by atoms with van der Waals surface area (Å²) in [4.78, 5) is 13.2. The quantitative estimate of drug-likeness (QED) is 0.684. The summed E-state index contributed by atoms with van der Waals surface area (Å²) in [5, 5.41) is 4.93. The van der Waals surface area contributed by atoms with Crippen LogP contribution in [0.25, 0.3) is 6.08 Å². The maximum Gasteiger partial charge on any atom is 0.244 e. The predicted molar refractivity (Wildman–Crippen MR) is 103 cm³/mol. The number of benzene rings is 1. The molecule has 2 aromatic rings. The molecule has 0 aliphatic rings. The van der Waals surface area contributed by atoms with Crippen molar-refractivity contribution in [2.45, 2.75) is 20.3 Å². The van der Waals surface area contributed by atoms with Crippen LogP contribution in [0.5, 0.6) is 11.5 Å². The van der Waals surface area contributed by atoms with Crippen molar-refractivity contribution in [1.29, 1.82) is 0 Å². The third kappa shape index (κ3) is 6.63. The minimum atomic E-state index is -0.101. The number of methoxy groups -OCH3 is 1. The number of amides is 1. The highest BCUT2D eigenvalue weighted by molar-refractivity contribution is 7.09. The summed E-state index contributed by atoms with van der Waals surface area (Å²) < 4.78 is 11.1. The van der Waals surface area contributed by atoms with Crippen molar-refractivity contribution in [2.24, 2.45) is 5.92 Å². The van der Waals surface area contributed by atoms with E-state index < -0.39 is 0 Å². The van der Waals surface area contributed by atoms with Gasteiger partial charge in [0.05, 0.1) is 13.7 Å². The van der Waals surface area contributed by atoms with Crippen LogP contribution in [0.2, 0.25) is 0 Å². The Bertz CT molecular complexity index is 693. The summed E-state index contributed by atoms with van der Waals surface area (Å²) in [6, 6.07) is 9.74. The van der Waals surface area contributed by atoms with E-state index in [2.05, 4.69) is 25.2 Å². The maximum atomic E-state index is 11.9. The van der Waals surface area contributed by atoms with Crippen LogP contribution in [0.15, 0.2) is 41.8 Å². The summed E-state index contributed by atoms with van der Waals surface area (Å²) in [6.45, 7) is 5.47. The zero-order valence-electron chi connectivity index (χ0n) is 15.0. The first-order chi connectivity index (χ1) is 12.1. The average molecular weight is 359 g/mol. The summed E-state index contributed by atoms with van der Waals surface area (Å²) in [5.41, 5.74) is 0.891. The van der Waals surface area contributed by atoms with E-state index in [1.807, 2.05) is 29.6 Å². The zero-order chi connectivity index (χ0) is 18.1. The van der Waals surface area contributed by atoms with Crippen molar-refractivity contribution >= 4 is 23.3 Å². The molecule has 134 valence electrons. The Morgan fingerprint density at radius 2 is 2.12 bits per heavy atom. The van der Waals surface area contributed by atoms with Gasteiger partial charge in [-0.3, -0.25) is 4.79 Å². The van der Waals surface area contributed by atoms with Crippen LogP contribution >= 0.6 is 11.3 Å². The van der Waals surface area contributed by atoms with Gasteiger partial charge in [-0.1, -0.05) is 26.0 Å². The van der Waals surface area contributed by atoms with Crippen molar-refractivity contribution in [2.75, 3.05) is 20.3 Å². The zero-order valence-corrected chi connectivity index (χ0v) is 15.8. The number of hydrogen-bond donors (Lipinski definition) is 1. The molecule has 0 bridgehead atoms. The summed E-state index contributed by atoms with van der Waals surface area (Å²) in [7, 11) is 1.61. The number of rotatable bonds is 9. The summed E-state index contributed by atoms with van der Waals surface area (Å²) in [5.74, 6) is 1.73. The van der Waals surface area contributed by atoms with Gasteiger partial charge in [-0.15, -0.1) is 11.3 Å². The Kier molecular flexibility index (Phi) is 7.54. The van der Waals surface area contributed by atoms with Gasteiger partial charge in [-0.25, -0.2) is 0 Å². The second-order valence-corrected chi connectivity index (χ2v) is 7.10. The molecule has 0 saturated heterocycles. The van der Waals surface area contributed by atoms with E-state index >= 15 is 0 Å². The minimum Gasteiger partial charge on any atom is -0.493 e. The molecule has 0 saturated carbocycles. The lowest BCUT2D eigenvalue weighted by molar-refractivity contribution is -0.116. The fourth-order valence-corrected chi connectivity index (χ4v) is 2.87. The van der Waals surface area contributed by atoms with Crippen LogP contribution in [-0.4, -0.2) is 26.2 Å². The molecule has 1 aromatic carbocycles. The first-order valence-corrected chi connectivity index (χ1v) is 9.25. The number of ether oxygens (including phenoxy) is 2. The van der Waals surface area contributed by atoms with Gasteiger partial charge in [-0.05, 0) is 47.6 Å². The largest absolute Gasteiger partial charge is 0.493 e. The van der Waals surface area contributed by atoms with Gasteiger partial charge in [0.1, 0.15) is 0 Å². The van der Waals surface area contributed by atoms with Gasteiger partial charge < -0.3 is 14.8 Å². The lowest BCUT2D eigenvalue weighted by Crippen LogP contribution is -2.23. The minimum absolute atomic E-state index is 0.101. The number of carbonyl (C=O) groups is 1. The molecular formula is C20H25NO3S. The molecule has 2 rings (SSSR count). The van der Waals surface area contributed by atoms with E-state index in [0.29, 0.717) is 30.6 Å². The van der Waals surface area contributed by atoms with E-state index in [1.165, 1.54) is 11.0 Å². The molecule has 0 radical (unpaired) electrons. The molecule has 0 atom stereocenters. The van der Waals surface area contributed by atoms with Crippen molar-refractivity contribution in [3.63, 3.8) is 0 Å². The molecule has 1 heterocycles. The highest BCUT2D eigenvalue weighted by Gasteiger charge is 2.06. The first kappa shape index (κ1) is 19.1. The van der Waals surface area contributed by atoms with Gasteiger partial charge in [0, 0.05) is 17.5 Å². The molecule has 0 aliphatic heterocycles. The number of hydrogen-bond acceptors (Lipinski definition) is 4. The Labute approximate surface area is 153 Å². The van der Waals surface area contributed by atoms with E-state index in [4.69, 9.17) is 9.47 Å². The maximum absolute atomic E-state index is 11.9. The monoisotopic (exact) mass is 359 g/mol. The predicted octanol–water partition coefficient (Wildman–Crippen LogP) is 4.16. The molecule has 1 N–H and O–H groups in total. The fourth-order valence-electron chi connectivity index (χ4n) is 2.16. The highest BCUT2D eigenvalue weighted by Crippen LogP contribution is 2.28. The van der Waals surface area contributed by atoms with Gasteiger partial charge >= 0.3 is 0 Å². The fraction of sp³-hybridized carbons (Fsp3) is 0.350. The Morgan fingerprint density at radius 1 is 1.28 bits per heavy atom. The molecule has 1 aromatic heterocycles. The Balaban J connectivity index is 1.87. The van der Waals surface area contributed by atoms with Crippen LogP contribution < -0.4 is 14.8 Å². The summed E-state index contributed by atoms with van der Waals surface area (Å²) >= 11 is 1.70. The van der Waals surface area contributed by atoms with Crippen molar-refractivity contribution in [3.05, 3.63) is 52.2 Å². The van der Waals surface area contributed by atoms with Crippen LogP contribution in [-0.2, 0) is 11.2 Å². The van der Waals surface area contributed by atoms with Crippen LogP contribution in [0.1, 0.15) is 24.3 Å². The second kappa shape index (κ2) is 9.89. The lowest BCUT2D eigenvalue weighted by Gasteiger charge is -2.12. The number of carbonyl (C=O) groups excluding carboxylic acids is 1. The Morgan fingerprint density at radius 3 is 2.80 bits per heavy atom. The first-order valence-electron chi connectivity index (χ1n) is 8.37. The lowest BCUT2D eigenvalue weighted by atomic mass is 10.2. The van der Waals surface area contributed by atoms with Gasteiger partial charge in [0.2, 0.25) is 5.91 Å². The van der Waals surface area contributed by atoms with E-state index in [0.717, 1.165) is 12.0 Å². The third-order valence-electron chi connectivity index (χ3n) is 3.44. The van der Waals surface area contributed by atoms with Crippen molar-refractivity contribution in [1.82, 2.24) is 5.32 Å². The van der Waals surface area contributed by atoms with Gasteiger partial charge in [0.25, 0.3) is 0 Å². The Hall–Kier alpha value is -2.27. The molecule has 0 spiro atoms. The molecule has 25 heavy (non-hydrogen) atoms. The molecule has 5 heteroatoms. The molecule has 0 unspecified atom stereocenters. The van der Waals surface area contributed by atoms with Crippen LogP contribution in [0.4, 0.5) is 0 Å². The molecule has 1 amide bonds. The van der Waals surface area contributed by atoms with Crippen LogP contribution in [0.3, 0.4) is 0 Å². The van der Waals surface area contributed by atoms with E-state index in [-0.39, 0.29) is 5.91 Å². The van der Waals surface area contributed by atoms with Crippen molar-refractivity contribution < 1.29 is 14.3 Å². The standard InChI is InChI=1S/C20H25NO3S/c1-15(2)14-24-18-8-6-16(13-19(18)23-3)7-9-20(22)21-11-10-17-5-4-12-25-17/h4-9,12-13,15H,10-11,14H2,1-3H3,(H,21,22)/b9-7+. The third-order valence-corrected chi connectivity index (χ3v) is 4.37. The number of nitrogens with one attached hydrogen (secondary N) is 1.